The number of thiazole rings is 1. The molecule has 1 atom stereocenters. The Morgan fingerprint density at radius 1 is 0.846 bits per heavy atom. The summed E-state index contributed by atoms with van der Waals surface area (Å²) < 4.78 is 0.742. The molecular weight excluding hydrogens is 508 g/mol. The van der Waals surface area contributed by atoms with Gasteiger partial charge in [0, 0.05) is 23.4 Å². The average Bonchev–Trinajstić information content (AvgIpc) is 3.40. The molecule has 1 unspecified atom stereocenters. The van der Waals surface area contributed by atoms with Gasteiger partial charge < -0.3 is 16.4 Å². The molecule has 0 spiro atoms. The van der Waals surface area contributed by atoms with Crippen molar-refractivity contribution in [2.24, 2.45) is 5.73 Å². The van der Waals surface area contributed by atoms with E-state index in [1.165, 1.54) is 11.3 Å². The molecule has 0 radical (unpaired) electrons. The first-order chi connectivity index (χ1) is 18.9. The highest BCUT2D eigenvalue weighted by Crippen LogP contribution is 2.29. The van der Waals surface area contributed by atoms with Gasteiger partial charge in [-0.25, -0.2) is 4.98 Å². The minimum atomic E-state index is -0.939. The summed E-state index contributed by atoms with van der Waals surface area (Å²) in [6.07, 6.45) is 0. The van der Waals surface area contributed by atoms with E-state index in [1.54, 1.807) is 66.7 Å². The monoisotopic (exact) mass is 534 g/mol. The number of aromatic nitrogens is 1. The highest BCUT2D eigenvalue weighted by molar-refractivity contribution is 7.20. The summed E-state index contributed by atoms with van der Waals surface area (Å²) in [6, 6.07) is 27.7. The summed E-state index contributed by atoms with van der Waals surface area (Å²) in [5, 5.41) is 6.04. The molecule has 8 heteroatoms. The lowest BCUT2D eigenvalue weighted by molar-refractivity contribution is 0.0857. The number of fused-ring (bicyclic) bond motifs is 1. The molecule has 4 N–H and O–H groups in total. The van der Waals surface area contributed by atoms with E-state index in [9.17, 15) is 14.4 Å². The van der Waals surface area contributed by atoms with E-state index in [0.29, 0.717) is 34.4 Å². The van der Waals surface area contributed by atoms with Gasteiger partial charge in [0.2, 0.25) is 5.78 Å². The second kappa shape index (κ2) is 11.4. The number of hydrogen-bond acceptors (Lipinski definition) is 6. The molecular formula is C31H26N4O3S. The van der Waals surface area contributed by atoms with Crippen LogP contribution in [-0.2, 0) is 6.54 Å². The second-order valence-electron chi connectivity index (χ2n) is 9.10. The summed E-state index contributed by atoms with van der Waals surface area (Å²) in [4.78, 5) is 44.0. The zero-order chi connectivity index (χ0) is 27.4. The molecule has 0 aliphatic heterocycles. The normalized spacial score (nSPS) is 11.6. The summed E-state index contributed by atoms with van der Waals surface area (Å²) in [6.45, 7) is 2.33. The summed E-state index contributed by atoms with van der Waals surface area (Å²) in [5.74, 6) is -0.912. The molecule has 0 bridgehead atoms. The fourth-order valence-electron chi connectivity index (χ4n) is 4.09. The van der Waals surface area contributed by atoms with Gasteiger partial charge in [0.25, 0.3) is 11.8 Å². The number of hydrogen-bond donors (Lipinski definition) is 3. The maximum absolute atomic E-state index is 13.8. The van der Waals surface area contributed by atoms with Gasteiger partial charge in [-0.15, -0.1) is 11.3 Å². The number of nitrogens with zero attached hydrogens (tertiary/aromatic N) is 1. The van der Waals surface area contributed by atoms with Gasteiger partial charge >= 0.3 is 0 Å². The van der Waals surface area contributed by atoms with Gasteiger partial charge in [0.1, 0.15) is 6.04 Å². The smallest absolute Gasteiger partial charge is 0.255 e. The first-order valence-corrected chi connectivity index (χ1v) is 13.2. The van der Waals surface area contributed by atoms with Gasteiger partial charge in [-0.2, -0.15) is 0 Å². The van der Waals surface area contributed by atoms with Gasteiger partial charge in [-0.3, -0.25) is 14.4 Å². The van der Waals surface area contributed by atoms with Crippen molar-refractivity contribution in [2.75, 3.05) is 5.32 Å². The van der Waals surface area contributed by atoms with Crippen LogP contribution in [0.3, 0.4) is 0 Å². The van der Waals surface area contributed by atoms with Crippen LogP contribution in [0.25, 0.3) is 10.2 Å². The Kier molecular flexibility index (Phi) is 7.58. The van der Waals surface area contributed by atoms with E-state index < -0.39 is 6.04 Å². The molecule has 194 valence electrons. The SMILES string of the molecule is Cc1ccc(C(=O)Nc2ccc3nc(C(=O)C(NC(=O)c4ccccc4)c4ccc(CN)cc4)sc3c2)cc1. The van der Waals surface area contributed by atoms with Crippen LogP contribution in [0.4, 0.5) is 5.69 Å². The van der Waals surface area contributed by atoms with E-state index in [-0.39, 0.29) is 22.6 Å². The van der Waals surface area contributed by atoms with Crippen molar-refractivity contribution in [1.82, 2.24) is 10.3 Å². The summed E-state index contributed by atoms with van der Waals surface area (Å²) >= 11 is 1.21. The third-order valence-electron chi connectivity index (χ3n) is 6.29. The molecule has 4 aromatic carbocycles. The zero-order valence-corrected chi connectivity index (χ0v) is 22.0. The van der Waals surface area contributed by atoms with E-state index in [4.69, 9.17) is 5.73 Å². The Bertz CT molecular complexity index is 1650. The standard InChI is InChI=1S/C31H26N4O3S/c1-19-7-11-23(12-8-19)29(37)33-24-15-16-25-26(17-24)39-31(34-25)28(36)27(21-13-9-20(18-32)10-14-21)35-30(38)22-5-3-2-4-6-22/h2-17,27H,18,32H2,1H3,(H,33,37)(H,35,38). The van der Waals surface area contributed by atoms with E-state index in [2.05, 4.69) is 15.6 Å². The average molecular weight is 535 g/mol. The molecule has 0 aliphatic carbocycles. The van der Waals surface area contributed by atoms with E-state index >= 15 is 0 Å². The van der Waals surface area contributed by atoms with Crippen molar-refractivity contribution in [1.29, 1.82) is 0 Å². The Labute approximate surface area is 229 Å². The molecule has 5 aromatic rings. The highest BCUT2D eigenvalue weighted by Gasteiger charge is 2.27. The van der Waals surface area contributed by atoms with E-state index in [1.807, 2.05) is 37.3 Å². The zero-order valence-electron chi connectivity index (χ0n) is 21.2. The van der Waals surface area contributed by atoms with Gasteiger partial charge in [-0.1, -0.05) is 60.2 Å². The Balaban J connectivity index is 1.42. The molecule has 0 saturated heterocycles. The van der Waals surface area contributed by atoms with Crippen LogP contribution in [-0.4, -0.2) is 22.6 Å². The van der Waals surface area contributed by atoms with Crippen LogP contribution in [0, 0.1) is 6.92 Å². The van der Waals surface area contributed by atoms with Crippen molar-refractivity contribution in [2.45, 2.75) is 19.5 Å². The fraction of sp³-hybridized carbons (Fsp3) is 0.0968. The number of amides is 2. The molecule has 1 aromatic heterocycles. The molecule has 2 amide bonds. The Morgan fingerprint density at radius 2 is 1.54 bits per heavy atom. The number of anilines is 1. The van der Waals surface area contributed by atoms with Crippen molar-refractivity contribution in [3.05, 3.63) is 130 Å². The van der Waals surface area contributed by atoms with Crippen molar-refractivity contribution in [3.8, 4) is 0 Å². The first-order valence-electron chi connectivity index (χ1n) is 12.4. The fourth-order valence-corrected chi connectivity index (χ4v) is 5.06. The lowest BCUT2D eigenvalue weighted by Gasteiger charge is -2.17. The quantitative estimate of drug-likeness (QED) is 0.222. The predicted octanol–water partition coefficient (Wildman–Crippen LogP) is 5.67. The topological polar surface area (TPSA) is 114 Å². The number of rotatable bonds is 8. The lowest BCUT2D eigenvalue weighted by Crippen LogP contribution is -2.34. The van der Waals surface area contributed by atoms with Crippen LogP contribution in [0.5, 0.6) is 0 Å². The van der Waals surface area contributed by atoms with Gasteiger partial charge in [-0.05, 0) is 60.5 Å². The predicted molar refractivity (Wildman–Crippen MR) is 154 cm³/mol. The molecule has 0 fully saturated rings. The molecule has 7 nitrogen and oxygen atoms in total. The number of nitrogens with one attached hydrogen (secondary N) is 2. The van der Waals surface area contributed by atoms with Gasteiger partial charge in [0.15, 0.2) is 5.01 Å². The van der Waals surface area contributed by atoms with Crippen LogP contribution < -0.4 is 16.4 Å². The first kappa shape index (κ1) is 26.0. The number of carbonyl (C=O) groups excluding carboxylic acids is 3. The molecule has 39 heavy (non-hydrogen) atoms. The minimum absolute atomic E-state index is 0.222. The molecule has 1 heterocycles. The van der Waals surface area contributed by atoms with Crippen LogP contribution >= 0.6 is 11.3 Å². The Morgan fingerprint density at radius 3 is 2.23 bits per heavy atom. The second-order valence-corrected chi connectivity index (χ2v) is 10.1. The third-order valence-corrected chi connectivity index (χ3v) is 7.33. The van der Waals surface area contributed by atoms with E-state index in [0.717, 1.165) is 15.8 Å². The summed E-state index contributed by atoms with van der Waals surface area (Å²) in [5.41, 5.74) is 10.6. The van der Waals surface area contributed by atoms with Crippen LogP contribution in [0.1, 0.15) is 53.3 Å². The molecule has 0 aliphatic rings. The number of benzene rings is 4. The Hall–Kier alpha value is -4.66. The molecule has 5 rings (SSSR count). The number of ketones is 1. The maximum Gasteiger partial charge on any atom is 0.255 e. The summed E-state index contributed by atoms with van der Waals surface area (Å²) in [7, 11) is 0. The van der Waals surface area contributed by atoms with Gasteiger partial charge in [0.05, 0.1) is 10.2 Å². The third kappa shape index (κ3) is 5.93. The van der Waals surface area contributed by atoms with Crippen LogP contribution in [0.2, 0.25) is 0 Å². The van der Waals surface area contributed by atoms with Crippen molar-refractivity contribution in [3.63, 3.8) is 0 Å². The number of nitrogens with two attached hydrogens (primary N) is 1. The number of aryl methyl sites for hydroxylation is 1. The molecule has 0 saturated carbocycles. The number of carbonyl (C=O) groups is 3. The van der Waals surface area contributed by atoms with Crippen LogP contribution in [0.15, 0.2) is 97.1 Å². The highest BCUT2D eigenvalue weighted by atomic mass is 32.1. The maximum atomic E-state index is 13.8. The lowest BCUT2D eigenvalue weighted by atomic mass is 10.0. The van der Waals surface area contributed by atoms with Crippen molar-refractivity contribution < 1.29 is 14.4 Å². The van der Waals surface area contributed by atoms with Crippen molar-refractivity contribution >= 4 is 44.8 Å². The largest absolute Gasteiger partial charge is 0.338 e. The minimum Gasteiger partial charge on any atom is -0.338 e. The number of Topliss-reactive ketones (excluding diaryl/α,β-unsaturated/α-hetero) is 1.